The zero-order chi connectivity index (χ0) is 18.7. The number of rotatable bonds is 5. The van der Waals surface area contributed by atoms with Crippen molar-refractivity contribution in [3.8, 4) is 0 Å². The Kier molecular flexibility index (Phi) is 4.94. The zero-order valence-electron chi connectivity index (χ0n) is 13.2. The van der Waals surface area contributed by atoms with Crippen molar-refractivity contribution in [3.63, 3.8) is 0 Å². The second kappa shape index (κ2) is 7.32. The lowest BCUT2D eigenvalue weighted by Crippen LogP contribution is -2.13. The predicted molar refractivity (Wildman–Crippen MR) is 93.8 cm³/mol. The monoisotopic (exact) mass is 374 g/mol. The quantitative estimate of drug-likeness (QED) is 0.542. The Labute approximate surface area is 152 Å². The van der Waals surface area contributed by atoms with E-state index in [0.29, 0.717) is 12.1 Å². The maximum atomic E-state index is 13.1. The molecule has 0 aliphatic carbocycles. The van der Waals surface area contributed by atoms with Crippen LogP contribution in [0.4, 0.5) is 15.9 Å². The summed E-state index contributed by atoms with van der Waals surface area (Å²) in [5.41, 5.74) is 0.650. The lowest BCUT2D eigenvalue weighted by Gasteiger charge is -2.05. The highest BCUT2D eigenvalue weighted by atomic mass is 35.5. The molecule has 0 radical (unpaired) electrons. The number of hydrogen-bond acceptors (Lipinski definition) is 4. The number of nitrogens with zero attached hydrogens (tertiary/aromatic N) is 3. The molecule has 3 rings (SSSR count). The topological polar surface area (TPSA) is 90.1 Å². The molecule has 0 spiro atoms. The van der Waals surface area contributed by atoms with Crippen LogP contribution in [0.1, 0.15) is 15.9 Å². The van der Waals surface area contributed by atoms with E-state index in [1.807, 2.05) is 0 Å². The Hall–Kier alpha value is -3.26. The number of aromatic nitrogens is 2. The van der Waals surface area contributed by atoms with Crippen molar-refractivity contribution >= 4 is 29.0 Å². The number of anilines is 1. The Morgan fingerprint density at radius 1 is 1.27 bits per heavy atom. The second-order valence-electron chi connectivity index (χ2n) is 5.40. The Bertz CT molecular complexity index is 990. The van der Waals surface area contributed by atoms with E-state index in [0.717, 1.165) is 0 Å². The second-order valence-corrected chi connectivity index (χ2v) is 5.80. The number of carbonyl (C=O) groups excluding carboxylic acids is 1. The van der Waals surface area contributed by atoms with Crippen LogP contribution in [0, 0.1) is 15.9 Å². The molecule has 132 valence electrons. The summed E-state index contributed by atoms with van der Waals surface area (Å²) in [4.78, 5) is 22.4. The fourth-order valence-electron chi connectivity index (χ4n) is 2.29. The van der Waals surface area contributed by atoms with Crippen LogP contribution in [-0.2, 0) is 6.54 Å². The van der Waals surface area contributed by atoms with Gasteiger partial charge in [0, 0.05) is 35.0 Å². The fraction of sp³-hybridized carbons (Fsp3) is 0.0588. The molecule has 0 unspecified atom stereocenters. The van der Waals surface area contributed by atoms with Crippen molar-refractivity contribution in [2.24, 2.45) is 0 Å². The number of carbonyl (C=O) groups is 1. The van der Waals surface area contributed by atoms with Gasteiger partial charge in [0.2, 0.25) is 0 Å². The summed E-state index contributed by atoms with van der Waals surface area (Å²) in [6, 6.07) is 11.0. The third-order valence-electron chi connectivity index (χ3n) is 3.55. The van der Waals surface area contributed by atoms with E-state index in [-0.39, 0.29) is 22.1 Å². The molecular formula is C17H12ClFN4O3. The molecule has 26 heavy (non-hydrogen) atoms. The highest BCUT2D eigenvalue weighted by Crippen LogP contribution is 2.19. The average Bonchev–Trinajstić information content (AvgIpc) is 3.04. The van der Waals surface area contributed by atoms with Crippen molar-refractivity contribution in [3.05, 3.63) is 86.8 Å². The van der Waals surface area contributed by atoms with Crippen LogP contribution in [0.3, 0.4) is 0 Å². The van der Waals surface area contributed by atoms with Crippen molar-refractivity contribution in [2.45, 2.75) is 6.54 Å². The number of nitrogens with one attached hydrogen (secondary N) is 1. The van der Waals surface area contributed by atoms with Gasteiger partial charge >= 0.3 is 0 Å². The van der Waals surface area contributed by atoms with E-state index in [4.69, 9.17) is 11.6 Å². The van der Waals surface area contributed by atoms with E-state index in [2.05, 4.69) is 10.4 Å². The molecule has 0 fully saturated rings. The highest BCUT2D eigenvalue weighted by molar-refractivity contribution is 6.31. The average molecular weight is 375 g/mol. The number of non-ortho nitro benzene ring substituents is 1. The Morgan fingerprint density at radius 2 is 2.08 bits per heavy atom. The van der Waals surface area contributed by atoms with E-state index in [1.54, 1.807) is 18.3 Å². The van der Waals surface area contributed by atoms with Crippen LogP contribution in [0.5, 0.6) is 0 Å². The lowest BCUT2D eigenvalue weighted by atomic mass is 10.2. The molecular weight excluding hydrogens is 363 g/mol. The van der Waals surface area contributed by atoms with Gasteiger partial charge in [-0.1, -0.05) is 23.7 Å². The van der Waals surface area contributed by atoms with Gasteiger partial charge in [-0.25, -0.2) is 4.39 Å². The van der Waals surface area contributed by atoms with Crippen molar-refractivity contribution in [2.75, 3.05) is 5.32 Å². The first-order valence-corrected chi connectivity index (χ1v) is 7.83. The molecule has 1 aromatic heterocycles. The summed E-state index contributed by atoms with van der Waals surface area (Å²) >= 11 is 5.99. The van der Waals surface area contributed by atoms with Crippen LogP contribution >= 0.6 is 11.6 Å². The highest BCUT2D eigenvalue weighted by Gasteiger charge is 2.13. The molecule has 9 heteroatoms. The van der Waals surface area contributed by atoms with E-state index in [1.165, 1.54) is 41.1 Å². The van der Waals surface area contributed by atoms with Crippen LogP contribution in [0.2, 0.25) is 5.02 Å². The normalized spacial score (nSPS) is 10.5. The minimum atomic E-state index is -0.571. The number of hydrogen-bond donors (Lipinski definition) is 1. The lowest BCUT2D eigenvalue weighted by molar-refractivity contribution is -0.384. The SMILES string of the molecule is O=C(Nc1ccn(Cc2ccc(F)cc2Cl)n1)c1cccc([N+](=O)[O-])c1. The first kappa shape index (κ1) is 17.6. The number of nitro benzene ring substituents is 1. The molecule has 3 aromatic rings. The standard InChI is InChI=1S/C17H12ClFN4O3/c18-15-9-13(19)5-4-12(15)10-22-7-6-16(21-22)20-17(24)11-2-1-3-14(8-11)23(25)26/h1-9H,10H2,(H,20,21,24). The van der Waals surface area contributed by atoms with Gasteiger partial charge in [0.05, 0.1) is 11.5 Å². The molecule has 0 aliphatic rings. The van der Waals surface area contributed by atoms with Gasteiger partial charge in [0.15, 0.2) is 5.82 Å². The molecule has 7 nitrogen and oxygen atoms in total. The molecule has 0 aliphatic heterocycles. The molecule has 0 bridgehead atoms. The summed E-state index contributed by atoms with van der Waals surface area (Å²) in [5.74, 6) is -0.664. The van der Waals surface area contributed by atoms with Crippen LogP contribution in [-0.4, -0.2) is 20.6 Å². The van der Waals surface area contributed by atoms with E-state index in [9.17, 15) is 19.3 Å². The first-order chi connectivity index (χ1) is 12.4. The Balaban J connectivity index is 1.71. The van der Waals surface area contributed by atoms with E-state index >= 15 is 0 Å². The summed E-state index contributed by atoms with van der Waals surface area (Å²) in [7, 11) is 0. The van der Waals surface area contributed by atoms with Crippen molar-refractivity contribution in [1.82, 2.24) is 9.78 Å². The molecule has 0 atom stereocenters. The summed E-state index contributed by atoms with van der Waals surface area (Å²) in [6.07, 6.45) is 1.63. The van der Waals surface area contributed by atoms with Crippen molar-refractivity contribution < 1.29 is 14.1 Å². The number of benzene rings is 2. The van der Waals surface area contributed by atoms with Gasteiger partial charge < -0.3 is 5.32 Å². The number of nitro groups is 1. The Morgan fingerprint density at radius 3 is 2.81 bits per heavy atom. The van der Waals surface area contributed by atoms with Crippen molar-refractivity contribution in [1.29, 1.82) is 0 Å². The summed E-state index contributed by atoms with van der Waals surface area (Å²) < 4.78 is 14.6. The molecule has 1 heterocycles. The molecule has 2 aromatic carbocycles. The maximum Gasteiger partial charge on any atom is 0.270 e. The van der Waals surface area contributed by atoms with Crippen LogP contribution in [0.25, 0.3) is 0 Å². The number of halogens is 2. The zero-order valence-corrected chi connectivity index (χ0v) is 14.0. The molecule has 1 N–H and O–H groups in total. The van der Waals surface area contributed by atoms with Crippen LogP contribution in [0.15, 0.2) is 54.7 Å². The minimum Gasteiger partial charge on any atom is -0.305 e. The van der Waals surface area contributed by atoms with Gasteiger partial charge in [0.25, 0.3) is 11.6 Å². The summed E-state index contributed by atoms with van der Waals surface area (Å²) in [6.45, 7) is 0.297. The molecule has 1 amide bonds. The largest absolute Gasteiger partial charge is 0.305 e. The smallest absolute Gasteiger partial charge is 0.270 e. The maximum absolute atomic E-state index is 13.1. The molecule has 0 saturated heterocycles. The third-order valence-corrected chi connectivity index (χ3v) is 3.90. The van der Waals surface area contributed by atoms with E-state index < -0.39 is 16.6 Å². The molecule has 0 saturated carbocycles. The van der Waals surface area contributed by atoms with Gasteiger partial charge in [-0.05, 0) is 23.8 Å². The van der Waals surface area contributed by atoms with Gasteiger partial charge in [0.1, 0.15) is 5.82 Å². The van der Waals surface area contributed by atoms with Gasteiger partial charge in [-0.2, -0.15) is 5.10 Å². The number of amides is 1. The van der Waals surface area contributed by atoms with Crippen LogP contribution < -0.4 is 5.32 Å². The minimum absolute atomic E-state index is 0.148. The fourth-order valence-corrected chi connectivity index (χ4v) is 2.52. The van der Waals surface area contributed by atoms with Gasteiger partial charge in [-0.15, -0.1) is 0 Å². The third kappa shape index (κ3) is 4.04. The van der Waals surface area contributed by atoms with Gasteiger partial charge in [-0.3, -0.25) is 19.6 Å². The first-order valence-electron chi connectivity index (χ1n) is 7.45. The predicted octanol–water partition coefficient (Wildman–Crippen LogP) is 3.88. The summed E-state index contributed by atoms with van der Waals surface area (Å²) in [5, 5.41) is 17.8.